The Balaban J connectivity index is 1.64. The van der Waals surface area contributed by atoms with Crippen molar-refractivity contribution >= 4 is 11.7 Å². The molecule has 4 aliphatic rings. The van der Waals surface area contributed by atoms with Crippen LogP contribution >= 0.6 is 0 Å². The number of ether oxygens (including phenoxy) is 2. The molecule has 4 N–H and O–H groups in total. The molecule has 0 bridgehead atoms. The molecule has 3 fully saturated rings. The van der Waals surface area contributed by atoms with E-state index in [1.807, 2.05) is 13.8 Å². The molecule has 0 aromatic heterocycles. The zero-order chi connectivity index (χ0) is 24.8. The molecular formula is C27H42N2O5. The number of hydrogen-bond donors (Lipinski definition) is 3. The number of ketones is 1. The Hall–Kier alpha value is -1.70. The van der Waals surface area contributed by atoms with Crippen LogP contribution in [0.25, 0.3) is 0 Å². The first-order valence-electron chi connectivity index (χ1n) is 13.0. The summed E-state index contributed by atoms with van der Waals surface area (Å²) in [5, 5.41) is 14.2. The lowest BCUT2D eigenvalue weighted by Crippen LogP contribution is -2.48. The van der Waals surface area contributed by atoms with Crippen LogP contribution in [0, 0.1) is 29.1 Å². The first-order valence-corrected chi connectivity index (χ1v) is 13.0. The molecule has 2 saturated heterocycles. The number of nitrogens with two attached hydrogens (primary N) is 1. The molecule has 2 aliphatic heterocycles. The third kappa shape index (κ3) is 4.59. The van der Waals surface area contributed by atoms with Crippen LogP contribution in [-0.4, -0.2) is 47.9 Å². The van der Waals surface area contributed by atoms with Gasteiger partial charge in [-0.05, 0) is 76.5 Å². The molecule has 2 aliphatic carbocycles. The zero-order valence-electron chi connectivity index (χ0n) is 21.3. The van der Waals surface area contributed by atoms with E-state index in [0.29, 0.717) is 18.3 Å². The second-order valence-corrected chi connectivity index (χ2v) is 11.5. The van der Waals surface area contributed by atoms with Gasteiger partial charge in [-0.2, -0.15) is 0 Å². The summed E-state index contributed by atoms with van der Waals surface area (Å²) < 4.78 is 12.3. The zero-order valence-corrected chi connectivity index (χ0v) is 21.3. The highest BCUT2D eigenvalue weighted by Crippen LogP contribution is 2.58. The lowest BCUT2D eigenvalue weighted by molar-refractivity contribution is -0.215. The molecule has 0 aromatic carbocycles. The molecular weight excluding hydrogens is 432 g/mol. The van der Waals surface area contributed by atoms with E-state index < -0.39 is 11.3 Å². The Labute approximate surface area is 203 Å². The van der Waals surface area contributed by atoms with Gasteiger partial charge in [-0.25, -0.2) is 0 Å². The van der Waals surface area contributed by atoms with Crippen LogP contribution in [0.4, 0.5) is 0 Å². The fourth-order valence-corrected chi connectivity index (χ4v) is 7.00. The van der Waals surface area contributed by atoms with Crippen molar-refractivity contribution in [3.63, 3.8) is 0 Å². The highest BCUT2D eigenvalue weighted by molar-refractivity contribution is 6.25. The molecule has 4 rings (SSSR count). The van der Waals surface area contributed by atoms with Gasteiger partial charge in [0, 0.05) is 11.5 Å². The lowest BCUT2D eigenvalue weighted by atomic mass is 9.51. The van der Waals surface area contributed by atoms with E-state index >= 15 is 0 Å². The van der Waals surface area contributed by atoms with Gasteiger partial charge in [0.2, 0.25) is 0 Å². The number of allylic oxidation sites excluding steroid dienone is 3. The largest absolute Gasteiger partial charge is 0.511 e. The maximum absolute atomic E-state index is 12.6. The number of rotatable bonds is 5. The number of carbonyl (C=O) groups excluding carboxylic acids is 2. The first kappa shape index (κ1) is 25.4. The van der Waals surface area contributed by atoms with Crippen LogP contribution in [-0.2, 0) is 19.1 Å². The van der Waals surface area contributed by atoms with Crippen LogP contribution in [0.15, 0.2) is 23.0 Å². The van der Waals surface area contributed by atoms with Gasteiger partial charge in [0.05, 0.1) is 18.8 Å². The summed E-state index contributed by atoms with van der Waals surface area (Å²) in [4.78, 5) is 25.1. The normalized spacial score (nSPS) is 43.1. The average Bonchev–Trinajstić information content (AvgIpc) is 3.10. The van der Waals surface area contributed by atoms with Crippen LogP contribution in [0.1, 0.15) is 73.1 Å². The molecule has 0 spiro atoms. The minimum Gasteiger partial charge on any atom is -0.511 e. The van der Waals surface area contributed by atoms with Crippen molar-refractivity contribution in [1.82, 2.24) is 5.32 Å². The molecule has 2 heterocycles. The molecule has 7 nitrogen and oxygen atoms in total. The third-order valence-electron chi connectivity index (χ3n) is 9.00. The van der Waals surface area contributed by atoms with Crippen molar-refractivity contribution in [2.45, 2.75) is 97.7 Å². The van der Waals surface area contributed by atoms with E-state index in [1.54, 1.807) is 0 Å². The van der Waals surface area contributed by atoms with Gasteiger partial charge in [0.15, 0.2) is 12.1 Å². The fraction of sp³-hybridized carbons (Fsp3) is 0.778. The van der Waals surface area contributed by atoms with Gasteiger partial charge < -0.3 is 25.6 Å². The minimum absolute atomic E-state index is 0.0322. The predicted octanol–water partition coefficient (Wildman–Crippen LogP) is 3.78. The van der Waals surface area contributed by atoms with E-state index in [9.17, 15) is 14.7 Å². The van der Waals surface area contributed by atoms with Crippen LogP contribution in [0.3, 0.4) is 0 Å². The summed E-state index contributed by atoms with van der Waals surface area (Å²) in [6, 6.07) is 0.0336. The third-order valence-corrected chi connectivity index (χ3v) is 9.00. The SMILES string of the molecule is CC1=CC2CC(C)CCC2C(C)(/C(O)=C2/C(=O)CNC2=O)C1CC(C)OC1CCC(N)C(C)O1. The molecule has 1 saturated carbocycles. The van der Waals surface area contributed by atoms with E-state index in [1.165, 1.54) is 5.57 Å². The number of aliphatic hydroxyl groups excluding tert-OH is 1. The summed E-state index contributed by atoms with van der Waals surface area (Å²) >= 11 is 0. The molecule has 0 aromatic rings. The highest BCUT2D eigenvalue weighted by atomic mass is 16.7. The second-order valence-electron chi connectivity index (χ2n) is 11.5. The van der Waals surface area contributed by atoms with Crippen molar-refractivity contribution < 1.29 is 24.2 Å². The van der Waals surface area contributed by atoms with Gasteiger partial charge in [-0.1, -0.05) is 31.9 Å². The van der Waals surface area contributed by atoms with Crippen molar-refractivity contribution in [2.24, 2.45) is 34.8 Å². The number of hydrogen-bond acceptors (Lipinski definition) is 6. The summed E-state index contributed by atoms with van der Waals surface area (Å²) in [6.45, 7) is 10.4. The number of Topliss-reactive ketones (excluding diaryl/α,β-unsaturated/α-hetero) is 1. The number of nitrogens with one attached hydrogen (secondary N) is 1. The molecule has 1 amide bonds. The Kier molecular flexibility index (Phi) is 7.28. The Morgan fingerprint density at radius 1 is 1.29 bits per heavy atom. The number of carbonyl (C=O) groups is 2. The van der Waals surface area contributed by atoms with E-state index in [-0.39, 0.29) is 60.0 Å². The quantitative estimate of drug-likeness (QED) is 0.242. The molecule has 0 radical (unpaired) electrons. The van der Waals surface area contributed by atoms with Crippen LogP contribution in [0.5, 0.6) is 0 Å². The molecule has 34 heavy (non-hydrogen) atoms. The Bertz CT molecular complexity index is 864. The standard InChI is InChI=1S/C27H42N2O5/c1-14-6-7-19-18(10-14)11-15(2)20(12-16(3)33-23-9-8-21(28)17(4)34-23)27(19,5)25(31)24-22(30)13-29-26(24)32/h11,14,16-21,23,31H,6-10,12-13,28H2,1-5H3,(H,29,32)/b25-24+. The van der Waals surface area contributed by atoms with Crippen molar-refractivity contribution in [3.8, 4) is 0 Å². The van der Waals surface area contributed by atoms with Crippen LogP contribution in [0.2, 0.25) is 0 Å². The maximum Gasteiger partial charge on any atom is 0.258 e. The average molecular weight is 475 g/mol. The molecule has 7 heteroatoms. The van der Waals surface area contributed by atoms with E-state index in [2.05, 4.69) is 32.2 Å². The second kappa shape index (κ2) is 9.75. The smallest absolute Gasteiger partial charge is 0.258 e. The van der Waals surface area contributed by atoms with Gasteiger partial charge in [0.1, 0.15) is 11.3 Å². The topological polar surface area (TPSA) is 111 Å². The van der Waals surface area contributed by atoms with E-state index in [0.717, 1.165) is 32.1 Å². The van der Waals surface area contributed by atoms with Crippen molar-refractivity contribution in [2.75, 3.05) is 6.54 Å². The summed E-state index contributed by atoms with van der Waals surface area (Å²) in [5.41, 5.74) is 6.52. The summed E-state index contributed by atoms with van der Waals surface area (Å²) in [5.74, 6) is 0.261. The monoisotopic (exact) mass is 474 g/mol. The highest BCUT2D eigenvalue weighted by Gasteiger charge is 2.54. The number of amides is 1. The first-order chi connectivity index (χ1) is 16.0. The summed E-state index contributed by atoms with van der Waals surface area (Å²) in [7, 11) is 0. The van der Waals surface area contributed by atoms with E-state index in [4.69, 9.17) is 15.2 Å². The summed E-state index contributed by atoms with van der Waals surface area (Å²) in [6.07, 6.45) is 7.34. The maximum atomic E-state index is 12.6. The van der Waals surface area contributed by atoms with Gasteiger partial charge in [-0.15, -0.1) is 0 Å². The van der Waals surface area contributed by atoms with Crippen molar-refractivity contribution in [1.29, 1.82) is 0 Å². The van der Waals surface area contributed by atoms with Gasteiger partial charge in [-0.3, -0.25) is 9.59 Å². The molecule has 190 valence electrons. The number of fused-ring (bicyclic) bond motifs is 1. The number of aliphatic hydroxyl groups is 1. The van der Waals surface area contributed by atoms with Crippen LogP contribution < -0.4 is 11.1 Å². The van der Waals surface area contributed by atoms with Gasteiger partial charge in [0.25, 0.3) is 5.91 Å². The minimum atomic E-state index is -0.711. The fourth-order valence-electron chi connectivity index (χ4n) is 7.00. The molecule has 9 atom stereocenters. The predicted molar refractivity (Wildman–Crippen MR) is 130 cm³/mol. The Morgan fingerprint density at radius 3 is 2.68 bits per heavy atom. The molecule has 9 unspecified atom stereocenters. The van der Waals surface area contributed by atoms with Crippen molar-refractivity contribution in [3.05, 3.63) is 23.0 Å². The lowest BCUT2D eigenvalue weighted by Gasteiger charge is -2.53. The Morgan fingerprint density at radius 2 is 2.03 bits per heavy atom. The van der Waals surface area contributed by atoms with Gasteiger partial charge >= 0.3 is 0 Å².